The van der Waals surface area contributed by atoms with Crippen molar-refractivity contribution in [1.82, 2.24) is 5.43 Å². The molecule has 5 nitrogen and oxygen atoms in total. The van der Waals surface area contributed by atoms with E-state index in [1.807, 2.05) is 0 Å². The number of nitrogens with zero attached hydrogens (tertiary/aromatic N) is 1. The number of hydrogen-bond acceptors (Lipinski definition) is 4. The predicted molar refractivity (Wildman–Crippen MR) is 54.3 cm³/mol. The van der Waals surface area contributed by atoms with Crippen LogP contribution in [0.5, 0.6) is 0 Å². The predicted octanol–water partition coefficient (Wildman–Crippen LogP) is 1.73. The zero-order valence-electron chi connectivity index (χ0n) is 7.94. The molecule has 1 amide bonds. The smallest absolute Gasteiger partial charge is 0.402 e. The van der Waals surface area contributed by atoms with E-state index in [-0.39, 0.29) is 0 Å². The van der Waals surface area contributed by atoms with Gasteiger partial charge in [-0.15, -0.1) is 0 Å². The summed E-state index contributed by atoms with van der Waals surface area (Å²) in [6.45, 7) is 0. The number of rotatable bonds is 2. The first-order chi connectivity index (χ1) is 7.22. The number of anilines is 1. The molecule has 1 aromatic carbocycles. The van der Waals surface area contributed by atoms with E-state index in [2.05, 4.69) is 5.43 Å². The second kappa shape index (κ2) is 4.06. The zero-order valence-corrected chi connectivity index (χ0v) is 8.69. The Morgan fingerprint density at radius 3 is 2.87 bits per heavy atom. The van der Waals surface area contributed by atoms with E-state index in [1.165, 1.54) is 12.1 Å². The minimum absolute atomic E-state index is 0.457. The number of ether oxygens (including phenoxy) is 2. The van der Waals surface area contributed by atoms with Gasteiger partial charge in [0, 0.05) is 7.11 Å². The maximum absolute atomic E-state index is 11.4. The molecule has 0 saturated carbocycles. The molecule has 1 aliphatic heterocycles. The van der Waals surface area contributed by atoms with Crippen molar-refractivity contribution < 1.29 is 14.3 Å². The number of para-hydroxylation sites is 1. The highest BCUT2D eigenvalue weighted by molar-refractivity contribution is 6.33. The molecular formula is C9H9ClN2O3. The molecule has 80 valence electrons. The summed E-state index contributed by atoms with van der Waals surface area (Å²) in [5.74, 6) is 0. The Balaban J connectivity index is 2.25. The molecule has 1 fully saturated rings. The van der Waals surface area contributed by atoms with Crippen molar-refractivity contribution >= 4 is 23.4 Å². The number of cyclic esters (lactones) is 1. The van der Waals surface area contributed by atoms with Crippen molar-refractivity contribution in [1.29, 1.82) is 0 Å². The summed E-state index contributed by atoms with van der Waals surface area (Å²) in [4.78, 5) is 11.4. The average molecular weight is 229 g/mol. The minimum Gasteiger partial charge on any atom is -0.402 e. The molecule has 1 heterocycles. The van der Waals surface area contributed by atoms with Crippen LogP contribution in [0, 0.1) is 0 Å². The highest BCUT2D eigenvalue weighted by atomic mass is 35.5. The normalized spacial score (nSPS) is 20.5. The Hall–Kier alpha value is -1.30. The highest BCUT2D eigenvalue weighted by Crippen LogP contribution is 2.26. The number of hydrazine groups is 1. The number of carbonyl (C=O) groups is 1. The molecule has 0 aromatic heterocycles. The third kappa shape index (κ3) is 1.90. The van der Waals surface area contributed by atoms with E-state index in [1.54, 1.807) is 24.3 Å². The van der Waals surface area contributed by atoms with Crippen molar-refractivity contribution in [2.45, 2.75) is 6.41 Å². The van der Waals surface area contributed by atoms with Crippen LogP contribution >= 0.6 is 11.6 Å². The van der Waals surface area contributed by atoms with E-state index < -0.39 is 12.5 Å². The van der Waals surface area contributed by atoms with Crippen LogP contribution in [0.4, 0.5) is 10.5 Å². The molecule has 1 saturated heterocycles. The monoisotopic (exact) mass is 228 g/mol. The highest BCUT2D eigenvalue weighted by Gasteiger charge is 2.32. The molecule has 1 atom stereocenters. The van der Waals surface area contributed by atoms with E-state index in [0.717, 1.165) is 0 Å². The number of carbonyl (C=O) groups excluding carboxylic acids is 1. The maximum Gasteiger partial charge on any atom is 0.432 e. The number of benzene rings is 1. The summed E-state index contributed by atoms with van der Waals surface area (Å²) in [5, 5.41) is 1.66. The van der Waals surface area contributed by atoms with Gasteiger partial charge in [0.1, 0.15) is 0 Å². The molecule has 0 spiro atoms. The van der Waals surface area contributed by atoms with Crippen LogP contribution in [0.3, 0.4) is 0 Å². The van der Waals surface area contributed by atoms with Gasteiger partial charge >= 0.3 is 6.09 Å². The summed E-state index contributed by atoms with van der Waals surface area (Å²) in [6.07, 6.45) is -1.32. The van der Waals surface area contributed by atoms with Gasteiger partial charge in [0.25, 0.3) is 6.41 Å². The molecular weight excluding hydrogens is 220 g/mol. The number of nitrogens with one attached hydrogen (secondary N) is 1. The number of halogens is 1. The summed E-state index contributed by atoms with van der Waals surface area (Å²) >= 11 is 5.93. The number of amides is 1. The second-order valence-corrected chi connectivity index (χ2v) is 3.27. The van der Waals surface area contributed by atoms with Crippen molar-refractivity contribution in [2.24, 2.45) is 0 Å². The number of hydrogen-bond donors (Lipinski definition) is 1. The van der Waals surface area contributed by atoms with E-state index in [4.69, 9.17) is 21.1 Å². The molecule has 1 unspecified atom stereocenters. The molecule has 1 aromatic rings. The topological polar surface area (TPSA) is 50.8 Å². The van der Waals surface area contributed by atoms with Gasteiger partial charge in [0.2, 0.25) is 0 Å². The van der Waals surface area contributed by atoms with Gasteiger partial charge in [-0.25, -0.2) is 9.80 Å². The Labute approximate surface area is 91.5 Å². The summed E-state index contributed by atoms with van der Waals surface area (Å²) in [5.41, 5.74) is 3.23. The first-order valence-electron chi connectivity index (χ1n) is 4.26. The van der Waals surface area contributed by atoms with Gasteiger partial charge in [0.15, 0.2) is 0 Å². The van der Waals surface area contributed by atoms with Gasteiger partial charge in [0.05, 0.1) is 10.7 Å². The third-order valence-corrected chi connectivity index (χ3v) is 2.25. The van der Waals surface area contributed by atoms with Crippen LogP contribution in [0.1, 0.15) is 0 Å². The summed E-state index contributed by atoms with van der Waals surface area (Å²) in [7, 11) is 1.43. The summed E-state index contributed by atoms with van der Waals surface area (Å²) < 4.78 is 9.66. The van der Waals surface area contributed by atoms with Gasteiger partial charge in [-0.05, 0) is 12.1 Å². The van der Waals surface area contributed by atoms with E-state index >= 15 is 0 Å². The van der Waals surface area contributed by atoms with Gasteiger partial charge < -0.3 is 9.47 Å². The fourth-order valence-corrected chi connectivity index (χ4v) is 1.45. The van der Waals surface area contributed by atoms with Crippen LogP contribution in [0.2, 0.25) is 5.02 Å². The fourth-order valence-electron chi connectivity index (χ4n) is 1.23. The van der Waals surface area contributed by atoms with Gasteiger partial charge in [-0.3, -0.25) is 0 Å². The van der Waals surface area contributed by atoms with Crippen LogP contribution in [0.15, 0.2) is 24.3 Å². The first-order valence-corrected chi connectivity index (χ1v) is 4.64. The lowest BCUT2D eigenvalue weighted by Gasteiger charge is -2.14. The van der Waals surface area contributed by atoms with Crippen molar-refractivity contribution in [3.05, 3.63) is 29.3 Å². The Kier molecular flexibility index (Phi) is 2.77. The van der Waals surface area contributed by atoms with Crippen molar-refractivity contribution in [2.75, 3.05) is 12.1 Å². The SMILES string of the molecule is COC1NN(c2ccccc2Cl)C(=O)O1. The molecule has 0 radical (unpaired) electrons. The molecule has 0 aliphatic carbocycles. The second-order valence-electron chi connectivity index (χ2n) is 2.87. The lowest BCUT2D eigenvalue weighted by atomic mass is 10.3. The lowest BCUT2D eigenvalue weighted by molar-refractivity contribution is -0.0722. The largest absolute Gasteiger partial charge is 0.432 e. The average Bonchev–Trinajstić information content (AvgIpc) is 2.60. The van der Waals surface area contributed by atoms with Crippen LogP contribution in [-0.2, 0) is 9.47 Å². The summed E-state index contributed by atoms with van der Waals surface area (Å²) in [6, 6.07) is 6.94. The molecule has 15 heavy (non-hydrogen) atoms. The van der Waals surface area contributed by atoms with Crippen LogP contribution in [0.25, 0.3) is 0 Å². The minimum atomic E-state index is -0.770. The quantitative estimate of drug-likeness (QED) is 0.838. The van der Waals surface area contributed by atoms with Crippen molar-refractivity contribution in [3.63, 3.8) is 0 Å². The molecule has 1 N–H and O–H groups in total. The molecule has 1 aliphatic rings. The molecule has 2 rings (SSSR count). The van der Waals surface area contributed by atoms with E-state index in [9.17, 15) is 4.79 Å². The first kappa shape index (κ1) is 10.2. The zero-order chi connectivity index (χ0) is 10.8. The Bertz CT molecular complexity index is 385. The van der Waals surface area contributed by atoms with Crippen LogP contribution < -0.4 is 10.4 Å². The van der Waals surface area contributed by atoms with Gasteiger partial charge in [-0.2, -0.15) is 5.43 Å². The lowest BCUT2D eigenvalue weighted by Crippen LogP contribution is -2.37. The molecule has 0 bridgehead atoms. The Morgan fingerprint density at radius 2 is 2.27 bits per heavy atom. The third-order valence-electron chi connectivity index (χ3n) is 1.93. The number of methoxy groups -OCH3 is 1. The Morgan fingerprint density at radius 1 is 1.53 bits per heavy atom. The van der Waals surface area contributed by atoms with E-state index in [0.29, 0.717) is 10.7 Å². The fraction of sp³-hybridized carbons (Fsp3) is 0.222. The van der Waals surface area contributed by atoms with Gasteiger partial charge in [-0.1, -0.05) is 23.7 Å². The van der Waals surface area contributed by atoms with Crippen LogP contribution in [-0.4, -0.2) is 19.6 Å². The molecule has 6 heteroatoms. The van der Waals surface area contributed by atoms with Crippen molar-refractivity contribution in [3.8, 4) is 0 Å². The standard InChI is InChI=1S/C9H9ClN2O3/c1-14-8-11-12(9(13)15-8)7-5-3-2-4-6(7)10/h2-5,8,11H,1H3. The maximum atomic E-state index is 11.4.